The summed E-state index contributed by atoms with van der Waals surface area (Å²) in [7, 11) is 0. The summed E-state index contributed by atoms with van der Waals surface area (Å²) in [6.45, 7) is -0.0961. The molecule has 0 aliphatic carbocycles. The zero-order valence-electron chi connectivity index (χ0n) is 8.25. The maximum absolute atomic E-state index is 11.0. The number of nitrogens with one attached hydrogen (secondary N) is 1. The van der Waals surface area contributed by atoms with Gasteiger partial charge in [0.05, 0.1) is 11.5 Å². The van der Waals surface area contributed by atoms with E-state index >= 15 is 0 Å². The van der Waals surface area contributed by atoms with E-state index in [1.165, 1.54) is 24.3 Å². The number of nitro groups is 1. The van der Waals surface area contributed by atoms with Gasteiger partial charge in [-0.3, -0.25) is 10.1 Å². The Labute approximate surface area is 90.8 Å². The molecule has 2 N–H and O–H groups in total. The summed E-state index contributed by atoms with van der Waals surface area (Å²) in [5, 5.41) is 21.0. The number of non-ortho nitro benzene ring substituents is 1. The van der Waals surface area contributed by atoms with Gasteiger partial charge in [0.1, 0.15) is 5.75 Å². The summed E-state index contributed by atoms with van der Waals surface area (Å²) >= 11 is 0. The predicted molar refractivity (Wildman–Crippen MR) is 54.2 cm³/mol. The summed E-state index contributed by atoms with van der Waals surface area (Å²) in [4.78, 5) is 20.8. The highest BCUT2D eigenvalue weighted by molar-refractivity contribution is 5.70. The van der Waals surface area contributed by atoms with E-state index in [1.807, 2.05) is 0 Å². The average molecular weight is 226 g/mol. The molecule has 0 saturated carbocycles. The Hall–Kier alpha value is -2.15. The lowest BCUT2D eigenvalue weighted by Crippen LogP contribution is -2.29. The molecule has 7 nitrogen and oxygen atoms in total. The minimum absolute atomic E-state index is 0.0804. The molecule has 0 aliphatic rings. The van der Waals surface area contributed by atoms with Gasteiger partial charge in [0.2, 0.25) is 0 Å². The molecular formula is C9H10N2O5. The minimum atomic E-state index is -0.720. The second-order valence-electron chi connectivity index (χ2n) is 2.79. The van der Waals surface area contributed by atoms with Gasteiger partial charge in [-0.1, -0.05) is 0 Å². The fraction of sp³-hybridized carbons (Fsp3) is 0.222. The quantitative estimate of drug-likeness (QED) is 0.580. The molecule has 0 aliphatic heterocycles. The summed E-state index contributed by atoms with van der Waals surface area (Å²) in [5.41, 5.74) is -0.0804. The Morgan fingerprint density at radius 2 is 2.06 bits per heavy atom. The summed E-state index contributed by atoms with van der Waals surface area (Å²) in [6, 6.07) is 5.09. The third-order valence-corrected chi connectivity index (χ3v) is 1.64. The molecule has 0 atom stereocenters. The first-order valence-electron chi connectivity index (χ1n) is 4.44. The number of carbonyl (C=O) groups excluding carboxylic acids is 1. The molecule has 0 bridgehead atoms. The molecular weight excluding hydrogens is 216 g/mol. The Bertz CT molecular complexity index is 376. The van der Waals surface area contributed by atoms with Gasteiger partial charge in [-0.25, -0.2) is 4.79 Å². The van der Waals surface area contributed by atoms with Crippen molar-refractivity contribution in [2.24, 2.45) is 0 Å². The minimum Gasteiger partial charge on any atom is -0.410 e. The fourth-order valence-corrected chi connectivity index (χ4v) is 0.937. The highest BCUT2D eigenvalue weighted by atomic mass is 16.6. The van der Waals surface area contributed by atoms with Gasteiger partial charge in [0.15, 0.2) is 0 Å². The monoisotopic (exact) mass is 226 g/mol. The lowest BCUT2D eigenvalue weighted by atomic mass is 10.3. The van der Waals surface area contributed by atoms with E-state index in [9.17, 15) is 14.9 Å². The Morgan fingerprint density at radius 1 is 1.44 bits per heavy atom. The van der Waals surface area contributed by atoms with Gasteiger partial charge in [-0.15, -0.1) is 0 Å². The molecule has 0 fully saturated rings. The fourth-order valence-electron chi connectivity index (χ4n) is 0.937. The number of hydrogen-bond donors (Lipinski definition) is 2. The second kappa shape index (κ2) is 5.66. The van der Waals surface area contributed by atoms with Crippen LogP contribution in [-0.4, -0.2) is 29.3 Å². The SMILES string of the molecule is O=C(NCCO)Oc1ccc([N+](=O)[O-])cc1. The summed E-state index contributed by atoms with van der Waals surface area (Å²) < 4.78 is 4.77. The highest BCUT2D eigenvalue weighted by Crippen LogP contribution is 2.17. The van der Waals surface area contributed by atoms with Crippen molar-refractivity contribution in [3.8, 4) is 5.75 Å². The lowest BCUT2D eigenvalue weighted by Gasteiger charge is -2.04. The molecule has 0 aromatic heterocycles. The van der Waals surface area contributed by atoms with E-state index in [4.69, 9.17) is 9.84 Å². The zero-order chi connectivity index (χ0) is 12.0. The molecule has 1 amide bonds. The Balaban J connectivity index is 2.55. The number of amides is 1. The molecule has 1 rings (SSSR count). The van der Waals surface area contributed by atoms with Crippen LogP contribution in [0.15, 0.2) is 24.3 Å². The molecule has 0 spiro atoms. The van der Waals surface area contributed by atoms with Gasteiger partial charge < -0.3 is 15.2 Å². The largest absolute Gasteiger partial charge is 0.412 e. The normalized spacial score (nSPS) is 9.56. The van der Waals surface area contributed by atoms with Crippen molar-refractivity contribution in [1.29, 1.82) is 0 Å². The van der Waals surface area contributed by atoms with E-state index in [0.29, 0.717) is 0 Å². The molecule has 1 aromatic carbocycles. The Morgan fingerprint density at radius 3 is 2.56 bits per heavy atom. The third kappa shape index (κ3) is 3.54. The molecule has 0 radical (unpaired) electrons. The molecule has 86 valence electrons. The molecule has 0 saturated heterocycles. The van der Waals surface area contributed by atoms with Crippen molar-refractivity contribution >= 4 is 11.8 Å². The standard InChI is InChI=1S/C9H10N2O5/c12-6-5-10-9(13)16-8-3-1-7(2-4-8)11(14)15/h1-4,12H,5-6H2,(H,10,13). The van der Waals surface area contributed by atoms with Crippen molar-refractivity contribution in [2.75, 3.05) is 13.2 Å². The highest BCUT2D eigenvalue weighted by Gasteiger charge is 2.07. The second-order valence-corrected chi connectivity index (χ2v) is 2.79. The number of nitrogens with zero attached hydrogens (tertiary/aromatic N) is 1. The van der Waals surface area contributed by atoms with Crippen molar-refractivity contribution in [2.45, 2.75) is 0 Å². The van der Waals surface area contributed by atoms with Crippen LogP contribution in [0.5, 0.6) is 5.75 Å². The van der Waals surface area contributed by atoms with Crippen LogP contribution in [0.3, 0.4) is 0 Å². The number of nitro benzene ring substituents is 1. The van der Waals surface area contributed by atoms with Crippen LogP contribution in [0.4, 0.5) is 10.5 Å². The van der Waals surface area contributed by atoms with E-state index in [-0.39, 0.29) is 24.6 Å². The average Bonchev–Trinajstić information content (AvgIpc) is 2.27. The molecule has 0 heterocycles. The van der Waals surface area contributed by atoms with E-state index < -0.39 is 11.0 Å². The molecule has 1 aromatic rings. The molecule has 7 heteroatoms. The van der Waals surface area contributed by atoms with Crippen LogP contribution in [0.2, 0.25) is 0 Å². The van der Waals surface area contributed by atoms with Crippen LogP contribution in [-0.2, 0) is 0 Å². The van der Waals surface area contributed by atoms with Gasteiger partial charge in [-0.2, -0.15) is 0 Å². The first-order chi connectivity index (χ1) is 7.63. The van der Waals surface area contributed by atoms with Crippen LogP contribution in [0.25, 0.3) is 0 Å². The summed E-state index contributed by atoms with van der Waals surface area (Å²) in [5.74, 6) is 0.195. The van der Waals surface area contributed by atoms with Gasteiger partial charge in [-0.05, 0) is 12.1 Å². The number of hydrogen-bond acceptors (Lipinski definition) is 5. The molecule has 0 unspecified atom stereocenters. The van der Waals surface area contributed by atoms with Crippen molar-refractivity contribution < 1.29 is 19.6 Å². The van der Waals surface area contributed by atoms with Crippen LogP contribution >= 0.6 is 0 Å². The van der Waals surface area contributed by atoms with E-state index in [0.717, 1.165) is 0 Å². The first kappa shape index (κ1) is 11.9. The number of ether oxygens (including phenoxy) is 1. The topological polar surface area (TPSA) is 102 Å². The van der Waals surface area contributed by atoms with Gasteiger partial charge >= 0.3 is 6.09 Å². The van der Waals surface area contributed by atoms with Gasteiger partial charge in [0.25, 0.3) is 5.69 Å². The number of aliphatic hydroxyl groups excluding tert-OH is 1. The number of aliphatic hydroxyl groups is 1. The van der Waals surface area contributed by atoms with E-state index in [1.54, 1.807) is 0 Å². The van der Waals surface area contributed by atoms with Crippen LogP contribution in [0.1, 0.15) is 0 Å². The summed E-state index contributed by atoms with van der Waals surface area (Å²) in [6.07, 6.45) is -0.720. The molecule has 16 heavy (non-hydrogen) atoms. The number of rotatable bonds is 4. The predicted octanol–water partition coefficient (Wildman–Crippen LogP) is 0.676. The van der Waals surface area contributed by atoms with Crippen molar-refractivity contribution in [3.63, 3.8) is 0 Å². The third-order valence-electron chi connectivity index (χ3n) is 1.64. The first-order valence-corrected chi connectivity index (χ1v) is 4.44. The maximum atomic E-state index is 11.0. The smallest absolute Gasteiger partial charge is 0.410 e. The number of benzene rings is 1. The van der Waals surface area contributed by atoms with Gasteiger partial charge in [0, 0.05) is 18.7 Å². The van der Waals surface area contributed by atoms with Crippen molar-refractivity contribution in [3.05, 3.63) is 34.4 Å². The van der Waals surface area contributed by atoms with Crippen molar-refractivity contribution in [1.82, 2.24) is 5.32 Å². The number of carbonyl (C=O) groups is 1. The zero-order valence-corrected chi connectivity index (χ0v) is 8.25. The Kier molecular flexibility index (Phi) is 4.22. The maximum Gasteiger partial charge on any atom is 0.412 e. The lowest BCUT2D eigenvalue weighted by molar-refractivity contribution is -0.384. The van der Waals surface area contributed by atoms with Crippen LogP contribution in [0, 0.1) is 10.1 Å². The van der Waals surface area contributed by atoms with E-state index in [2.05, 4.69) is 5.32 Å². The van der Waals surface area contributed by atoms with Crippen LogP contribution < -0.4 is 10.1 Å².